The van der Waals surface area contributed by atoms with Crippen molar-refractivity contribution in [3.8, 4) is 0 Å². The van der Waals surface area contributed by atoms with Gasteiger partial charge in [-0.1, -0.05) is 11.2 Å². The quantitative estimate of drug-likeness (QED) is 0.672. The second-order valence-electron chi connectivity index (χ2n) is 3.31. The van der Waals surface area contributed by atoms with E-state index in [-0.39, 0.29) is 12.5 Å². The van der Waals surface area contributed by atoms with Gasteiger partial charge in [-0.15, -0.1) is 0 Å². The zero-order valence-electron chi connectivity index (χ0n) is 8.60. The average molecular weight is 205 g/mol. The second kappa shape index (κ2) is 3.68. The molecule has 0 bridgehead atoms. The van der Waals surface area contributed by atoms with E-state index in [1.165, 1.54) is 4.90 Å². The van der Waals surface area contributed by atoms with Gasteiger partial charge in [0.2, 0.25) is 5.84 Å². The largest absolute Gasteiger partial charge is 0.384 e. The highest BCUT2D eigenvalue weighted by molar-refractivity contribution is 6.08. The van der Waals surface area contributed by atoms with Crippen LogP contribution in [0.1, 0.15) is 11.3 Å². The number of amidine groups is 1. The van der Waals surface area contributed by atoms with Crippen LogP contribution >= 0.6 is 0 Å². The summed E-state index contributed by atoms with van der Waals surface area (Å²) in [4.78, 5) is 21.9. The van der Waals surface area contributed by atoms with Gasteiger partial charge in [-0.2, -0.15) is 0 Å². The van der Waals surface area contributed by atoms with Crippen LogP contribution < -0.4 is 0 Å². The maximum absolute atomic E-state index is 11.4. The number of oxime groups is 1. The van der Waals surface area contributed by atoms with E-state index in [2.05, 4.69) is 10.1 Å². The molecule has 5 heteroatoms. The molecule has 15 heavy (non-hydrogen) atoms. The summed E-state index contributed by atoms with van der Waals surface area (Å²) in [6.45, 7) is 1.91. The molecule has 2 rings (SSSR count). The molecule has 2 heterocycles. The molecule has 1 amide bonds. The minimum absolute atomic E-state index is 0.00805. The molecular formula is C10H11N3O2. The van der Waals surface area contributed by atoms with Gasteiger partial charge in [0.1, 0.15) is 5.69 Å². The van der Waals surface area contributed by atoms with Crippen LogP contribution in [0.5, 0.6) is 0 Å². The summed E-state index contributed by atoms with van der Waals surface area (Å²) in [6, 6.07) is 3.75. The summed E-state index contributed by atoms with van der Waals surface area (Å²) >= 11 is 0. The number of nitrogens with zero attached hydrogens (tertiary/aromatic N) is 3. The average Bonchev–Trinajstić information content (AvgIpc) is 2.23. The summed E-state index contributed by atoms with van der Waals surface area (Å²) in [5, 5.41) is 3.85. The van der Waals surface area contributed by atoms with Crippen molar-refractivity contribution in [3.05, 3.63) is 29.6 Å². The van der Waals surface area contributed by atoms with Crippen molar-refractivity contribution in [2.24, 2.45) is 5.16 Å². The monoisotopic (exact) mass is 205 g/mol. The molecule has 0 saturated carbocycles. The molecule has 0 atom stereocenters. The molecule has 0 saturated heterocycles. The standard InChI is InChI=1S/C10H11N3O2/c1-7-4-3-5-11-9(7)10-12-15-6-8(14)13(10)2/h3-5H,6H2,1-2H3. The van der Waals surface area contributed by atoms with Crippen molar-refractivity contribution >= 4 is 11.7 Å². The number of pyridine rings is 1. The molecule has 0 fully saturated rings. The van der Waals surface area contributed by atoms with E-state index in [9.17, 15) is 4.79 Å². The topological polar surface area (TPSA) is 54.8 Å². The van der Waals surface area contributed by atoms with Gasteiger partial charge in [0.05, 0.1) is 0 Å². The van der Waals surface area contributed by atoms with Crippen LogP contribution in [0.4, 0.5) is 0 Å². The third-order valence-electron chi connectivity index (χ3n) is 2.25. The SMILES string of the molecule is Cc1cccnc1C1=NOCC(=O)N1C. The van der Waals surface area contributed by atoms with Crippen molar-refractivity contribution in [2.45, 2.75) is 6.92 Å². The van der Waals surface area contributed by atoms with Gasteiger partial charge in [0, 0.05) is 13.2 Å². The Morgan fingerprint density at radius 3 is 3.07 bits per heavy atom. The van der Waals surface area contributed by atoms with Gasteiger partial charge >= 0.3 is 0 Å². The normalized spacial score (nSPS) is 16.0. The van der Waals surface area contributed by atoms with E-state index in [4.69, 9.17) is 4.84 Å². The lowest BCUT2D eigenvalue weighted by Gasteiger charge is -2.22. The third-order valence-corrected chi connectivity index (χ3v) is 2.25. The smallest absolute Gasteiger partial charge is 0.268 e. The van der Waals surface area contributed by atoms with E-state index < -0.39 is 0 Å². The zero-order valence-corrected chi connectivity index (χ0v) is 8.60. The summed E-state index contributed by atoms with van der Waals surface area (Å²) < 4.78 is 0. The fourth-order valence-electron chi connectivity index (χ4n) is 1.35. The molecule has 1 aromatic heterocycles. The van der Waals surface area contributed by atoms with E-state index in [0.29, 0.717) is 11.5 Å². The lowest BCUT2D eigenvalue weighted by Crippen LogP contribution is -2.40. The van der Waals surface area contributed by atoms with Gasteiger partial charge < -0.3 is 4.84 Å². The lowest BCUT2D eigenvalue weighted by molar-refractivity contribution is -0.133. The molecular weight excluding hydrogens is 194 g/mol. The Balaban J connectivity index is 2.43. The Morgan fingerprint density at radius 2 is 2.33 bits per heavy atom. The number of aromatic nitrogens is 1. The Hall–Kier alpha value is -1.91. The number of rotatable bonds is 1. The number of carbonyl (C=O) groups excluding carboxylic acids is 1. The fourth-order valence-corrected chi connectivity index (χ4v) is 1.35. The van der Waals surface area contributed by atoms with Gasteiger partial charge in [0.25, 0.3) is 5.91 Å². The van der Waals surface area contributed by atoms with Crippen molar-refractivity contribution in [2.75, 3.05) is 13.7 Å². The molecule has 1 aliphatic heterocycles. The molecule has 78 valence electrons. The summed E-state index contributed by atoms with van der Waals surface area (Å²) in [5.41, 5.74) is 1.63. The third kappa shape index (κ3) is 1.68. The lowest BCUT2D eigenvalue weighted by atomic mass is 10.2. The fraction of sp³-hybridized carbons (Fsp3) is 0.300. The number of aryl methyl sites for hydroxylation is 1. The highest BCUT2D eigenvalue weighted by atomic mass is 16.6. The maximum Gasteiger partial charge on any atom is 0.268 e. The van der Waals surface area contributed by atoms with Gasteiger partial charge in [0.15, 0.2) is 6.61 Å². The molecule has 0 aromatic carbocycles. The van der Waals surface area contributed by atoms with E-state index in [1.54, 1.807) is 13.2 Å². The van der Waals surface area contributed by atoms with Crippen LogP contribution in [0.2, 0.25) is 0 Å². The summed E-state index contributed by atoms with van der Waals surface area (Å²) in [5.74, 6) is 0.342. The van der Waals surface area contributed by atoms with E-state index >= 15 is 0 Å². The number of hydrogen-bond donors (Lipinski definition) is 0. The van der Waals surface area contributed by atoms with Crippen LogP contribution in [0.25, 0.3) is 0 Å². The zero-order chi connectivity index (χ0) is 10.8. The molecule has 0 radical (unpaired) electrons. The van der Waals surface area contributed by atoms with Crippen LogP contribution in [0, 0.1) is 6.92 Å². The Kier molecular flexibility index (Phi) is 2.37. The van der Waals surface area contributed by atoms with Crippen LogP contribution in [-0.2, 0) is 9.63 Å². The minimum Gasteiger partial charge on any atom is -0.384 e. The number of likely N-dealkylation sites (N-methyl/N-ethyl adjacent to an activating group) is 1. The van der Waals surface area contributed by atoms with Crippen LogP contribution in [-0.4, -0.2) is 35.3 Å². The predicted molar refractivity (Wildman–Crippen MR) is 54.2 cm³/mol. The molecule has 0 unspecified atom stereocenters. The molecule has 5 nitrogen and oxygen atoms in total. The van der Waals surface area contributed by atoms with Gasteiger partial charge in [-0.25, -0.2) is 0 Å². The van der Waals surface area contributed by atoms with Crippen molar-refractivity contribution in [1.82, 2.24) is 9.88 Å². The predicted octanol–water partition coefficient (Wildman–Crippen LogP) is 0.540. The van der Waals surface area contributed by atoms with Crippen molar-refractivity contribution < 1.29 is 9.63 Å². The van der Waals surface area contributed by atoms with E-state index in [1.807, 2.05) is 19.1 Å². The molecule has 0 aliphatic carbocycles. The Morgan fingerprint density at radius 1 is 1.53 bits per heavy atom. The number of hydrogen-bond acceptors (Lipinski definition) is 4. The van der Waals surface area contributed by atoms with Crippen molar-refractivity contribution in [1.29, 1.82) is 0 Å². The molecule has 0 N–H and O–H groups in total. The Bertz CT molecular complexity index is 428. The summed E-state index contributed by atoms with van der Waals surface area (Å²) in [6.07, 6.45) is 1.66. The molecule has 0 spiro atoms. The maximum atomic E-state index is 11.4. The van der Waals surface area contributed by atoms with Gasteiger partial charge in [-0.05, 0) is 18.6 Å². The first kappa shape index (κ1) is 9.64. The van der Waals surface area contributed by atoms with Crippen LogP contribution in [0.3, 0.4) is 0 Å². The first-order chi connectivity index (χ1) is 7.20. The highest BCUT2D eigenvalue weighted by Gasteiger charge is 2.24. The Labute approximate surface area is 87.4 Å². The molecule has 1 aliphatic rings. The first-order valence-electron chi connectivity index (χ1n) is 4.58. The van der Waals surface area contributed by atoms with Gasteiger partial charge in [-0.3, -0.25) is 14.7 Å². The number of carbonyl (C=O) groups is 1. The first-order valence-corrected chi connectivity index (χ1v) is 4.58. The number of amides is 1. The second-order valence-corrected chi connectivity index (χ2v) is 3.31. The van der Waals surface area contributed by atoms with E-state index in [0.717, 1.165) is 5.56 Å². The minimum atomic E-state index is -0.120. The molecule has 1 aromatic rings. The van der Waals surface area contributed by atoms with Crippen LogP contribution in [0.15, 0.2) is 23.5 Å². The summed E-state index contributed by atoms with van der Waals surface area (Å²) in [7, 11) is 1.66. The highest BCUT2D eigenvalue weighted by Crippen LogP contribution is 2.10. The van der Waals surface area contributed by atoms with Crippen molar-refractivity contribution in [3.63, 3.8) is 0 Å².